The van der Waals surface area contributed by atoms with E-state index in [9.17, 15) is 9.59 Å². The van der Waals surface area contributed by atoms with Crippen LogP contribution in [-0.2, 0) is 22.4 Å². The van der Waals surface area contributed by atoms with E-state index >= 15 is 0 Å². The summed E-state index contributed by atoms with van der Waals surface area (Å²) in [7, 11) is 3.72. The molecule has 1 aliphatic heterocycles. The predicted octanol–water partition coefficient (Wildman–Crippen LogP) is 2.86. The summed E-state index contributed by atoms with van der Waals surface area (Å²) in [4.78, 5) is 29.4. The van der Waals surface area contributed by atoms with Crippen LogP contribution in [0.2, 0.25) is 0 Å². The summed E-state index contributed by atoms with van der Waals surface area (Å²) in [6.07, 6.45) is 2.40. The minimum absolute atomic E-state index is 0.227. The molecule has 2 N–H and O–H groups in total. The topological polar surface area (TPSA) is 70.7 Å². The van der Waals surface area contributed by atoms with Crippen molar-refractivity contribution < 1.29 is 14.3 Å². The maximum absolute atomic E-state index is 12.9. The Morgan fingerprint density at radius 3 is 2.62 bits per heavy atom. The van der Waals surface area contributed by atoms with Crippen molar-refractivity contribution in [3.63, 3.8) is 0 Å². The molecule has 2 amide bonds. The molecule has 2 aromatic rings. The van der Waals surface area contributed by atoms with Crippen LogP contribution in [0.5, 0.6) is 0 Å². The van der Waals surface area contributed by atoms with Gasteiger partial charge in [0.05, 0.1) is 4.88 Å². The highest BCUT2D eigenvalue weighted by Crippen LogP contribution is 2.21. The first kappa shape index (κ1) is 21.5. The van der Waals surface area contributed by atoms with Gasteiger partial charge in [0, 0.05) is 37.4 Å². The Bertz CT molecular complexity index is 865. The highest BCUT2D eigenvalue weighted by Gasteiger charge is 2.22. The van der Waals surface area contributed by atoms with E-state index in [-0.39, 0.29) is 11.8 Å². The van der Waals surface area contributed by atoms with Crippen LogP contribution in [0.15, 0.2) is 30.3 Å². The number of nitrogens with one attached hydrogen (secondary N) is 2. The van der Waals surface area contributed by atoms with Crippen molar-refractivity contribution in [3.05, 3.63) is 51.2 Å². The zero-order valence-corrected chi connectivity index (χ0v) is 18.1. The Kier molecular flexibility index (Phi) is 7.41. The second kappa shape index (κ2) is 10.0. The Morgan fingerprint density at radius 1 is 1.17 bits per heavy atom. The van der Waals surface area contributed by atoms with Gasteiger partial charge in [-0.15, -0.1) is 11.3 Å². The first-order valence-corrected chi connectivity index (χ1v) is 10.8. The molecule has 1 atom stereocenters. The maximum Gasteiger partial charge on any atom is 0.262 e. The number of aryl methyl sites for hydroxylation is 1. The number of hydrogen-bond acceptors (Lipinski definition) is 5. The fourth-order valence-corrected chi connectivity index (χ4v) is 4.21. The van der Waals surface area contributed by atoms with Crippen molar-refractivity contribution in [1.29, 1.82) is 0 Å². The number of likely N-dealkylation sites (N-methyl/N-ethyl adjacent to an activating group) is 1. The van der Waals surface area contributed by atoms with E-state index in [2.05, 4.69) is 34.7 Å². The fourth-order valence-electron chi connectivity index (χ4n) is 3.43. The zero-order valence-electron chi connectivity index (χ0n) is 17.3. The summed E-state index contributed by atoms with van der Waals surface area (Å²) in [5.74, 6) is -0.460. The van der Waals surface area contributed by atoms with Gasteiger partial charge in [-0.2, -0.15) is 0 Å². The van der Waals surface area contributed by atoms with Gasteiger partial charge in [-0.1, -0.05) is 6.07 Å². The van der Waals surface area contributed by atoms with E-state index < -0.39 is 6.04 Å². The number of rotatable bonds is 7. The monoisotopic (exact) mass is 415 g/mol. The van der Waals surface area contributed by atoms with Crippen LogP contribution in [0.25, 0.3) is 0 Å². The average Bonchev–Trinajstić information content (AvgIpc) is 3.06. The van der Waals surface area contributed by atoms with E-state index in [1.54, 1.807) is 13.2 Å². The predicted molar refractivity (Wildman–Crippen MR) is 117 cm³/mol. The molecule has 0 bridgehead atoms. The molecule has 3 rings (SSSR count). The number of nitrogens with zero attached hydrogens (tertiary/aromatic N) is 1. The van der Waals surface area contributed by atoms with E-state index in [4.69, 9.17) is 4.74 Å². The van der Waals surface area contributed by atoms with E-state index in [0.29, 0.717) is 17.9 Å². The number of fused-ring (bicyclic) bond motifs is 1. The second-order valence-corrected chi connectivity index (χ2v) is 8.78. The zero-order chi connectivity index (χ0) is 20.8. The largest absolute Gasteiger partial charge is 0.385 e. The van der Waals surface area contributed by atoms with Crippen LogP contribution < -0.4 is 10.6 Å². The minimum Gasteiger partial charge on any atom is -0.385 e. The summed E-state index contributed by atoms with van der Waals surface area (Å²) < 4.78 is 5.13. The number of benzene rings is 1. The number of anilines is 1. The molecule has 0 spiro atoms. The summed E-state index contributed by atoms with van der Waals surface area (Å²) in [6, 6.07) is 9.13. The van der Waals surface area contributed by atoms with Gasteiger partial charge < -0.3 is 20.3 Å². The number of hydrogen-bond donors (Lipinski definition) is 2. The molecule has 0 saturated heterocycles. The maximum atomic E-state index is 12.9. The van der Waals surface area contributed by atoms with Crippen LogP contribution in [0, 0.1) is 6.92 Å². The molecule has 1 aromatic heterocycles. The number of ether oxygens (including phenoxy) is 1. The van der Waals surface area contributed by atoms with Crippen molar-refractivity contribution in [1.82, 2.24) is 10.2 Å². The van der Waals surface area contributed by atoms with E-state index in [0.717, 1.165) is 36.5 Å². The highest BCUT2D eigenvalue weighted by molar-refractivity contribution is 7.13. The molecule has 0 radical (unpaired) electrons. The summed E-state index contributed by atoms with van der Waals surface area (Å²) >= 11 is 1.42. The number of carbonyl (C=O) groups excluding carboxylic acids is 2. The molecule has 1 aromatic carbocycles. The van der Waals surface area contributed by atoms with Crippen LogP contribution in [0.3, 0.4) is 0 Å². The van der Waals surface area contributed by atoms with Gasteiger partial charge in [-0.3, -0.25) is 9.59 Å². The van der Waals surface area contributed by atoms with Crippen LogP contribution in [0.4, 0.5) is 5.69 Å². The molecular formula is C22H29N3O3S. The van der Waals surface area contributed by atoms with E-state index in [1.807, 2.05) is 19.1 Å². The molecule has 0 aliphatic carbocycles. The van der Waals surface area contributed by atoms with Crippen molar-refractivity contribution in [2.75, 3.05) is 39.2 Å². The van der Waals surface area contributed by atoms with Gasteiger partial charge in [-0.25, -0.2) is 0 Å². The van der Waals surface area contributed by atoms with Gasteiger partial charge in [0.2, 0.25) is 5.91 Å². The average molecular weight is 416 g/mol. The molecule has 0 fully saturated rings. The van der Waals surface area contributed by atoms with Crippen molar-refractivity contribution in [3.8, 4) is 0 Å². The van der Waals surface area contributed by atoms with E-state index in [1.165, 1.54) is 22.5 Å². The first-order chi connectivity index (χ1) is 14.0. The van der Waals surface area contributed by atoms with Gasteiger partial charge in [-0.05, 0) is 68.6 Å². The minimum atomic E-state index is -0.658. The number of methoxy groups -OCH3 is 1. The lowest BCUT2D eigenvalue weighted by molar-refractivity contribution is -0.118. The van der Waals surface area contributed by atoms with Crippen LogP contribution in [0.1, 0.15) is 32.1 Å². The lowest BCUT2D eigenvalue weighted by Crippen LogP contribution is -2.44. The van der Waals surface area contributed by atoms with Gasteiger partial charge in [0.1, 0.15) is 6.04 Å². The molecule has 29 heavy (non-hydrogen) atoms. The lowest BCUT2D eigenvalue weighted by atomic mass is 10.0. The molecule has 1 unspecified atom stereocenters. The van der Waals surface area contributed by atoms with Crippen molar-refractivity contribution in [2.24, 2.45) is 0 Å². The van der Waals surface area contributed by atoms with Crippen LogP contribution >= 0.6 is 11.3 Å². The summed E-state index contributed by atoms with van der Waals surface area (Å²) in [6.45, 7) is 4.40. The van der Waals surface area contributed by atoms with Gasteiger partial charge >= 0.3 is 0 Å². The third-order valence-electron chi connectivity index (χ3n) is 5.20. The van der Waals surface area contributed by atoms with Crippen molar-refractivity contribution in [2.45, 2.75) is 32.2 Å². The second-order valence-electron chi connectivity index (χ2n) is 7.49. The molecule has 1 aliphatic rings. The smallest absolute Gasteiger partial charge is 0.262 e. The molecule has 6 nitrogen and oxygen atoms in total. The number of thiophene rings is 1. The quantitative estimate of drug-likeness (QED) is 0.730. The molecule has 2 heterocycles. The van der Waals surface area contributed by atoms with Gasteiger partial charge in [0.25, 0.3) is 5.91 Å². The Labute approximate surface area is 176 Å². The Balaban J connectivity index is 1.69. The number of carbonyl (C=O) groups is 2. The Morgan fingerprint density at radius 2 is 1.93 bits per heavy atom. The standard InChI is InChI=1S/C22H29N3O3S/c1-15-4-7-20(29-15)22(27)24-19(10-13-28-3)21(26)23-18-6-5-16-8-11-25(2)12-9-17(16)14-18/h4-7,14,19H,8-13H2,1-3H3,(H,23,26)(H,24,27). The third-order valence-corrected chi connectivity index (χ3v) is 6.20. The summed E-state index contributed by atoms with van der Waals surface area (Å²) in [5, 5.41) is 5.83. The van der Waals surface area contributed by atoms with Crippen LogP contribution in [-0.4, -0.2) is 56.6 Å². The molecule has 0 saturated carbocycles. The number of amides is 2. The fraction of sp³-hybridized carbons (Fsp3) is 0.455. The SMILES string of the molecule is COCCC(NC(=O)c1ccc(C)s1)C(=O)Nc1ccc2c(c1)CCN(C)CC2. The summed E-state index contributed by atoms with van der Waals surface area (Å²) in [5.41, 5.74) is 3.38. The molecule has 156 valence electrons. The van der Waals surface area contributed by atoms with Gasteiger partial charge in [0.15, 0.2) is 0 Å². The third kappa shape index (κ3) is 5.88. The molecular weight excluding hydrogens is 386 g/mol. The molecule has 7 heteroatoms. The lowest BCUT2D eigenvalue weighted by Gasteiger charge is -2.18. The Hall–Kier alpha value is -2.22. The van der Waals surface area contributed by atoms with Crippen molar-refractivity contribution >= 4 is 28.8 Å². The highest BCUT2D eigenvalue weighted by atomic mass is 32.1. The first-order valence-electron chi connectivity index (χ1n) is 9.93. The normalized spacial score (nSPS) is 15.3.